The fourth-order valence-electron chi connectivity index (χ4n) is 4.06. The summed E-state index contributed by atoms with van der Waals surface area (Å²) in [7, 11) is 4.77. The van der Waals surface area contributed by atoms with Crippen LogP contribution >= 0.6 is 0 Å². The molecule has 33 heavy (non-hydrogen) atoms. The van der Waals surface area contributed by atoms with E-state index in [1.54, 1.807) is 33.1 Å². The Morgan fingerprint density at radius 2 is 1.94 bits per heavy atom. The Morgan fingerprint density at radius 3 is 2.55 bits per heavy atom. The summed E-state index contributed by atoms with van der Waals surface area (Å²) in [4.78, 5) is 21.7. The molecule has 0 amide bonds. The molecule has 0 aliphatic carbocycles. The van der Waals surface area contributed by atoms with Gasteiger partial charge in [0.05, 0.1) is 48.8 Å². The molecule has 0 aliphatic heterocycles. The van der Waals surface area contributed by atoms with Gasteiger partial charge in [-0.05, 0) is 51.1 Å². The second kappa shape index (κ2) is 8.17. The largest absolute Gasteiger partial charge is 0.494 e. The van der Waals surface area contributed by atoms with Crippen molar-refractivity contribution in [1.82, 2.24) is 19.1 Å². The third-order valence-electron chi connectivity index (χ3n) is 5.58. The molecule has 0 saturated carbocycles. The Balaban J connectivity index is 2.01. The van der Waals surface area contributed by atoms with Crippen molar-refractivity contribution in [3.05, 3.63) is 41.6 Å². The van der Waals surface area contributed by atoms with Crippen LogP contribution in [0.1, 0.15) is 42.9 Å². The number of ether oxygens (including phenoxy) is 2. The summed E-state index contributed by atoms with van der Waals surface area (Å²) < 4.78 is 14.3. The first-order valence-electron chi connectivity index (χ1n) is 10.7. The van der Waals surface area contributed by atoms with Crippen LogP contribution in [0.2, 0.25) is 0 Å². The number of carbonyl (C=O) groups is 1. The van der Waals surface area contributed by atoms with Gasteiger partial charge in [-0.1, -0.05) is 0 Å². The van der Waals surface area contributed by atoms with Crippen molar-refractivity contribution in [1.29, 1.82) is 0 Å². The SMILES string of the molecule is COC(=O)c1cc(OC)c2c(c1)nc(-c1cc3ccc([C@@H](C)N)nc3n1CC(C)(C)O)n2C. The maximum absolute atomic E-state index is 12.1. The molecule has 174 valence electrons. The van der Waals surface area contributed by atoms with Gasteiger partial charge in [0.1, 0.15) is 16.9 Å². The minimum atomic E-state index is -0.993. The molecule has 3 heterocycles. The van der Waals surface area contributed by atoms with Gasteiger partial charge in [0.15, 0.2) is 5.82 Å². The summed E-state index contributed by atoms with van der Waals surface area (Å²) >= 11 is 0. The molecule has 9 nitrogen and oxygen atoms in total. The Labute approximate surface area is 191 Å². The summed E-state index contributed by atoms with van der Waals surface area (Å²) in [6, 6.07) is 8.98. The summed E-state index contributed by atoms with van der Waals surface area (Å²) in [6.07, 6.45) is 0. The number of pyridine rings is 1. The molecular weight excluding hydrogens is 422 g/mol. The molecule has 0 unspecified atom stereocenters. The van der Waals surface area contributed by atoms with E-state index in [2.05, 4.69) is 0 Å². The van der Waals surface area contributed by atoms with E-state index in [1.165, 1.54) is 7.11 Å². The number of fused-ring (bicyclic) bond motifs is 2. The highest BCUT2D eigenvalue weighted by Gasteiger charge is 2.24. The zero-order valence-electron chi connectivity index (χ0n) is 19.7. The number of hydrogen-bond donors (Lipinski definition) is 2. The summed E-state index contributed by atoms with van der Waals surface area (Å²) in [5.41, 5.74) is 9.02. The number of imidazole rings is 1. The number of nitrogens with zero attached hydrogens (tertiary/aromatic N) is 4. The molecule has 0 bridgehead atoms. The van der Waals surface area contributed by atoms with Crippen molar-refractivity contribution >= 4 is 28.0 Å². The lowest BCUT2D eigenvalue weighted by atomic mass is 10.1. The van der Waals surface area contributed by atoms with Crippen LogP contribution in [0.4, 0.5) is 0 Å². The van der Waals surface area contributed by atoms with Crippen LogP contribution in [0.3, 0.4) is 0 Å². The van der Waals surface area contributed by atoms with Gasteiger partial charge in [-0.25, -0.2) is 14.8 Å². The van der Waals surface area contributed by atoms with E-state index in [-0.39, 0.29) is 6.04 Å². The maximum atomic E-state index is 12.1. The van der Waals surface area contributed by atoms with Crippen LogP contribution in [0.25, 0.3) is 33.6 Å². The summed E-state index contributed by atoms with van der Waals surface area (Å²) in [5.74, 6) is 0.692. The van der Waals surface area contributed by atoms with E-state index in [0.29, 0.717) is 29.2 Å². The number of nitrogens with two attached hydrogens (primary N) is 1. The van der Waals surface area contributed by atoms with Crippen molar-refractivity contribution in [3.63, 3.8) is 0 Å². The molecule has 1 atom stereocenters. The highest BCUT2D eigenvalue weighted by atomic mass is 16.5. The molecule has 1 aromatic carbocycles. The van der Waals surface area contributed by atoms with Gasteiger partial charge < -0.3 is 29.4 Å². The normalized spacial score (nSPS) is 13.0. The van der Waals surface area contributed by atoms with Crippen molar-refractivity contribution in [3.8, 4) is 17.3 Å². The molecule has 0 radical (unpaired) electrons. The Hall–Kier alpha value is -3.43. The predicted octanol–water partition coefficient (Wildman–Crippen LogP) is 3.18. The molecule has 0 fully saturated rings. The lowest BCUT2D eigenvalue weighted by Crippen LogP contribution is -2.27. The van der Waals surface area contributed by atoms with Crippen molar-refractivity contribution in [2.45, 2.75) is 39.0 Å². The smallest absolute Gasteiger partial charge is 0.338 e. The third kappa shape index (κ3) is 4.05. The maximum Gasteiger partial charge on any atom is 0.338 e. The van der Waals surface area contributed by atoms with Crippen molar-refractivity contribution in [2.24, 2.45) is 12.8 Å². The number of aliphatic hydroxyl groups is 1. The zero-order chi connectivity index (χ0) is 24.1. The Bertz CT molecular complexity index is 1360. The number of hydrogen-bond acceptors (Lipinski definition) is 7. The lowest BCUT2D eigenvalue weighted by molar-refractivity contribution is 0.0599. The molecule has 0 spiro atoms. The first-order valence-corrected chi connectivity index (χ1v) is 10.7. The minimum absolute atomic E-state index is 0.222. The number of esters is 1. The second-order valence-electron chi connectivity index (χ2n) is 8.90. The average Bonchev–Trinajstić information content (AvgIpc) is 3.28. The van der Waals surface area contributed by atoms with Gasteiger partial charge >= 0.3 is 5.97 Å². The number of aromatic nitrogens is 4. The van der Waals surface area contributed by atoms with E-state index in [4.69, 9.17) is 25.2 Å². The van der Waals surface area contributed by atoms with Crippen LogP contribution in [-0.2, 0) is 18.3 Å². The molecule has 0 saturated heterocycles. The topological polar surface area (TPSA) is 117 Å². The molecule has 9 heteroatoms. The molecule has 0 aliphatic rings. The van der Waals surface area contributed by atoms with E-state index < -0.39 is 11.6 Å². The lowest BCUT2D eigenvalue weighted by Gasteiger charge is -2.21. The van der Waals surface area contributed by atoms with Crippen molar-refractivity contribution in [2.75, 3.05) is 14.2 Å². The first kappa shape index (κ1) is 22.8. The quantitative estimate of drug-likeness (QED) is 0.432. The van der Waals surface area contributed by atoms with E-state index in [9.17, 15) is 9.90 Å². The second-order valence-corrected chi connectivity index (χ2v) is 8.90. The number of carbonyl (C=O) groups excluding carboxylic acids is 1. The fourth-order valence-corrected chi connectivity index (χ4v) is 4.06. The number of rotatable bonds is 6. The van der Waals surface area contributed by atoms with Gasteiger partial charge in [-0.2, -0.15) is 0 Å². The average molecular weight is 452 g/mol. The van der Waals surface area contributed by atoms with Crippen LogP contribution in [0.15, 0.2) is 30.3 Å². The standard InChI is InChI=1S/C24H29N5O4/c1-13(25)16-8-7-14-10-18(29(21(14)26-16)12-24(2,3)31)22-27-17-9-15(23(30)33-6)11-19(32-5)20(17)28(22)4/h7-11,13,31H,12,25H2,1-6H3/t13-/m1/s1. The van der Waals surface area contributed by atoms with Gasteiger partial charge in [-0.3, -0.25) is 0 Å². The molecule has 3 aromatic heterocycles. The van der Waals surface area contributed by atoms with Crippen LogP contribution in [0.5, 0.6) is 5.75 Å². The van der Waals surface area contributed by atoms with Crippen molar-refractivity contribution < 1.29 is 19.4 Å². The Morgan fingerprint density at radius 1 is 1.21 bits per heavy atom. The number of methoxy groups -OCH3 is 2. The predicted molar refractivity (Wildman–Crippen MR) is 126 cm³/mol. The molecule has 4 rings (SSSR count). The van der Waals surface area contributed by atoms with Gasteiger partial charge in [-0.15, -0.1) is 0 Å². The van der Waals surface area contributed by atoms with Gasteiger partial charge in [0.25, 0.3) is 0 Å². The molecule has 4 aromatic rings. The van der Waals surface area contributed by atoms with E-state index >= 15 is 0 Å². The van der Waals surface area contributed by atoms with E-state index in [0.717, 1.165) is 27.9 Å². The monoisotopic (exact) mass is 451 g/mol. The van der Waals surface area contributed by atoms with Crippen LogP contribution in [0, 0.1) is 0 Å². The van der Waals surface area contributed by atoms with E-state index in [1.807, 2.05) is 41.3 Å². The first-order chi connectivity index (χ1) is 15.5. The highest BCUT2D eigenvalue weighted by Crippen LogP contribution is 2.34. The Kier molecular flexibility index (Phi) is 5.63. The molecule has 3 N–H and O–H groups in total. The number of aryl methyl sites for hydroxylation is 1. The zero-order valence-corrected chi connectivity index (χ0v) is 19.7. The van der Waals surface area contributed by atoms with Crippen LogP contribution in [-0.4, -0.2) is 50.0 Å². The van der Waals surface area contributed by atoms with Gasteiger partial charge in [0.2, 0.25) is 0 Å². The third-order valence-corrected chi connectivity index (χ3v) is 5.58. The molecular formula is C24H29N5O4. The summed E-state index contributed by atoms with van der Waals surface area (Å²) in [6.45, 7) is 5.68. The number of benzene rings is 1. The van der Waals surface area contributed by atoms with Crippen LogP contribution < -0.4 is 10.5 Å². The minimum Gasteiger partial charge on any atom is -0.494 e. The summed E-state index contributed by atoms with van der Waals surface area (Å²) in [5, 5.41) is 11.6. The highest BCUT2D eigenvalue weighted by molar-refractivity contribution is 5.97. The van der Waals surface area contributed by atoms with Gasteiger partial charge in [0, 0.05) is 18.5 Å². The fraction of sp³-hybridized carbons (Fsp3) is 0.375.